The Morgan fingerprint density at radius 2 is 1.78 bits per heavy atom. The highest BCUT2D eigenvalue weighted by Gasteiger charge is 2.24. The molecule has 6 nitrogen and oxygen atoms in total. The Hall–Kier alpha value is -2.61. The molecule has 3 aromatic rings. The van der Waals surface area contributed by atoms with Crippen molar-refractivity contribution >= 4 is 17.7 Å². The molecule has 0 saturated heterocycles. The molecule has 192 valence electrons. The van der Waals surface area contributed by atoms with Crippen LogP contribution >= 0.6 is 11.8 Å². The highest BCUT2D eigenvalue weighted by atomic mass is 32.2. The zero-order valence-corrected chi connectivity index (χ0v) is 21.8. The van der Waals surface area contributed by atoms with Crippen LogP contribution in [0.25, 0.3) is 22.4 Å². The van der Waals surface area contributed by atoms with Crippen LogP contribution in [0.4, 0.5) is 0 Å². The number of nitrogens with zero attached hydrogens (tertiary/aromatic N) is 2. The van der Waals surface area contributed by atoms with Gasteiger partial charge in [-0.25, -0.2) is 4.79 Å². The summed E-state index contributed by atoms with van der Waals surface area (Å²) >= 11 is 1.82. The topological polar surface area (TPSA) is 73.6 Å². The van der Waals surface area contributed by atoms with Crippen molar-refractivity contribution in [2.45, 2.75) is 44.0 Å². The van der Waals surface area contributed by atoms with Crippen LogP contribution in [0.2, 0.25) is 0 Å². The zero-order valence-electron chi connectivity index (χ0n) is 21.0. The smallest absolute Gasteiger partial charge is 0.329 e. The van der Waals surface area contributed by atoms with Crippen molar-refractivity contribution in [2.24, 2.45) is 11.8 Å². The molecule has 0 amide bonds. The molecule has 0 unspecified atom stereocenters. The van der Waals surface area contributed by atoms with Crippen LogP contribution in [0.1, 0.15) is 32.6 Å². The number of ether oxygens (including phenoxy) is 2. The summed E-state index contributed by atoms with van der Waals surface area (Å²) < 4.78 is 13.0. The predicted octanol–water partition coefficient (Wildman–Crippen LogP) is 6.25. The number of aliphatic carboxylic acids is 1. The van der Waals surface area contributed by atoms with E-state index in [2.05, 4.69) is 53.2 Å². The summed E-state index contributed by atoms with van der Waals surface area (Å²) in [4.78, 5) is 11.9. The Morgan fingerprint density at radius 1 is 1.03 bits per heavy atom. The largest absolute Gasteiger partial charge is 0.480 e. The molecule has 2 aromatic carbocycles. The van der Waals surface area contributed by atoms with Gasteiger partial charge in [-0.2, -0.15) is 5.10 Å². The maximum absolute atomic E-state index is 10.7. The number of benzene rings is 2. The normalized spacial score (nSPS) is 17.8. The number of rotatable bonds is 13. The summed E-state index contributed by atoms with van der Waals surface area (Å²) in [6, 6.07) is 19.2. The first-order valence-corrected chi connectivity index (χ1v) is 13.8. The van der Waals surface area contributed by atoms with Crippen LogP contribution in [0.5, 0.6) is 0 Å². The molecule has 7 heteroatoms. The van der Waals surface area contributed by atoms with Gasteiger partial charge in [-0.05, 0) is 62.1 Å². The molecule has 0 aliphatic heterocycles. The lowest BCUT2D eigenvalue weighted by molar-refractivity contribution is -0.142. The molecule has 1 saturated carbocycles. The number of carboxylic acids is 1. The first kappa shape index (κ1) is 26.5. The van der Waals surface area contributed by atoms with Crippen molar-refractivity contribution in [1.82, 2.24) is 9.78 Å². The van der Waals surface area contributed by atoms with E-state index in [4.69, 9.17) is 19.7 Å². The van der Waals surface area contributed by atoms with Gasteiger partial charge in [0.25, 0.3) is 0 Å². The van der Waals surface area contributed by atoms with E-state index >= 15 is 0 Å². The minimum Gasteiger partial charge on any atom is -0.480 e. The van der Waals surface area contributed by atoms with E-state index in [-0.39, 0.29) is 6.61 Å². The summed E-state index contributed by atoms with van der Waals surface area (Å²) in [6.45, 7) is 4.75. The third kappa shape index (κ3) is 7.45. The fraction of sp³-hybridized carbons (Fsp3) is 0.448. The van der Waals surface area contributed by atoms with E-state index in [0.29, 0.717) is 18.4 Å². The molecule has 1 aliphatic carbocycles. The van der Waals surface area contributed by atoms with Gasteiger partial charge in [0.1, 0.15) is 6.61 Å². The van der Waals surface area contributed by atoms with Crippen LogP contribution in [-0.4, -0.2) is 53.0 Å². The molecule has 1 aromatic heterocycles. The lowest BCUT2D eigenvalue weighted by Crippen LogP contribution is -2.23. The van der Waals surface area contributed by atoms with Crippen LogP contribution in [0.3, 0.4) is 0 Å². The molecule has 0 radical (unpaired) electrons. The van der Waals surface area contributed by atoms with Crippen molar-refractivity contribution in [3.63, 3.8) is 0 Å². The van der Waals surface area contributed by atoms with Crippen LogP contribution in [0.15, 0.2) is 65.7 Å². The Labute approximate surface area is 218 Å². The molecule has 4 rings (SSSR count). The third-order valence-corrected chi connectivity index (χ3v) is 7.67. The Morgan fingerprint density at radius 3 is 2.53 bits per heavy atom. The maximum atomic E-state index is 10.7. The van der Waals surface area contributed by atoms with Gasteiger partial charge in [0.2, 0.25) is 0 Å². The van der Waals surface area contributed by atoms with E-state index in [1.165, 1.54) is 21.7 Å². The first-order chi connectivity index (χ1) is 17.6. The zero-order chi connectivity index (χ0) is 25.2. The van der Waals surface area contributed by atoms with E-state index in [9.17, 15) is 4.79 Å². The quantitative estimate of drug-likeness (QED) is 0.217. The van der Waals surface area contributed by atoms with Gasteiger partial charge in [-0.3, -0.25) is 4.68 Å². The molecule has 0 atom stereocenters. The van der Waals surface area contributed by atoms with Crippen molar-refractivity contribution < 1.29 is 19.4 Å². The lowest BCUT2D eigenvalue weighted by atomic mass is 9.82. The number of carboxylic acid groups (broad SMARTS) is 1. The van der Waals surface area contributed by atoms with Crippen molar-refractivity contribution in [1.29, 1.82) is 0 Å². The Kier molecular flexibility index (Phi) is 10.0. The first-order valence-electron chi connectivity index (χ1n) is 12.9. The van der Waals surface area contributed by atoms with E-state index < -0.39 is 5.97 Å². The number of aromatic nitrogens is 2. The minimum absolute atomic E-state index is 0.206. The SMILES string of the molecule is CCOCCSc1cccc(-c2cnn(CC3CCC(COCC(=O)O)CC3)c2-c2ccccc2)c1. The molecule has 1 fully saturated rings. The summed E-state index contributed by atoms with van der Waals surface area (Å²) in [7, 11) is 0. The number of hydrogen-bond acceptors (Lipinski definition) is 5. The molecule has 1 heterocycles. The maximum Gasteiger partial charge on any atom is 0.329 e. The average Bonchev–Trinajstić information content (AvgIpc) is 3.32. The van der Waals surface area contributed by atoms with Crippen molar-refractivity contribution in [3.05, 3.63) is 60.8 Å². The molecule has 1 N–H and O–H groups in total. The van der Waals surface area contributed by atoms with E-state index in [1.54, 1.807) is 0 Å². The van der Waals surface area contributed by atoms with Gasteiger partial charge in [0.05, 0.1) is 25.1 Å². The molecular formula is C29H36N2O4S. The predicted molar refractivity (Wildman–Crippen MR) is 144 cm³/mol. The average molecular weight is 509 g/mol. The Bertz CT molecular complexity index is 1090. The highest BCUT2D eigenvalue weighted by Crippen LogP contribution is 2.36. The van der Waals surface area contributed by atoms with E-state index in [0.717, 1.165) is 56.8 Å². The molecule has 36 heavy (non-hydrogen) atoms. The summed E-state index contributed by atoms with van der Waals surface area (Å²) in [6.07, 6.45) is 6.37. The summed E-state index contributed by atoms with van der Waals surface area (Å²) in [5.41, 5.74) is 4.68. The number of carbonyl (C=O) groups is 1. The Balaban J connectivity index is 1.48. The second-order valence-electron chi connectivity index (χ2n) is 9.32. The van der Waals surface area contributed by atoms with Crippen molar-refractivity contribution in [3.8, 4) is 22.4 Å². The fourth-order valence-electron chi connectivity index (χ4n) is 4.89. The van der Waals surface area contributed by atoms with Gasteiger partial charge in [-0.15, -0.1) is 11.8 Å². The van der Waals surface area contributed by atoms with Gasteiger partial charge in [-0.1, -0.05) is 42.5 Å². The van der Waals surface area contributed by atoms with Gasteiger partial charge < -0.3 is 14.6 Å². The van der Waals surface area contributed by atoms with E-state index in [1.807, 2.05) is 30.9 Å². The second kappa shape index (κ2) is 13.6. The lowest BCUT2D eigenvalue weighted by Gasteiger charge is -2.28. The van der Waals surface area contributed by atoms with Crippen molar-refractivity contribution in [2.75, 3.05) is 32.2 Å². The molecule has 1 aliphatic rings. The van der Waals surface area contributed by atoms with Crippen LogP contribution in [-0.2, 0) is 20.8 Å². The minimum atomic E-state index is -0.902. The number of hydrogen-bond donors (Lipinski definition) is 1. The fourth-order valence-corrected chi connectivity index (χ4v) is 5.71. The molecule has 0 bridgehead atoms. The standard InChI is InChI=1S/C29H36N2O4S/c1-2-34-15-16-36-26-10-6-9-25(17-26)27-18-30-31(29(27)24-7-4-3-5-8-24)19-22-11-13-23(14-12-22)20-35-21-28(32)33/h3-10,17-18,22-23H,2,11-16,19-21H2,1H3,(H,32,33). The number of thioether (sulfide) groups is 1. The van der Waals surface area contributed by atoms with Crippen LogP contribution < -0.4 is 0 Å². The highest BCUT2D eigenvalue weighted by molar-refractivity contribution is 7.99. The van der Waals surface area contributed by atoms with Crippen LogP contribution in [0, 0.1) is 11.8 Å². The third-order valence-electron chi connectivity index (χ3n) is 6.71. The summed E-state index contributed by atoms with van der Waals surface area (Å²) in [5.74, 6) is 1.04. The molecular weight excluding hydrogens is 472 g/mol. The molecule has 0 spiro atoms. The second-order valence-corrected chi connectivity index (χ2v) is 10.5. The monoisotopic (exact) mass is 508 g/mol. The van der Waals surface area contributed by atoms with Gasteiger partial charge >= 0.3 is 5.97 Å². The van der Waals surface area contributed by atoms with Gasteiger partial charge in [0.15, 0.2) is 0 Å². The van der Waals surface area contributed by atoms with Gasteiger partial charge in [0, 0.05) is 34.9 Å². The summed E-state index contributed by atoms with van der Waals surface area (Å²) in [5, 5.41) is 13.7.